The SMILES string of the molecule is CCSc1cccc(N(C)CC2CCN(C)CC2)c1C#N. The first-order valence-electron chi connectivity index (χ1n) is 7.71. The second-order valence-corrected chi connectivity index (χ2v) is 7.13. The van der Waals surface area contributed by atoms with Crippen molar-refractivity contribution in [3.63, 3.8) is 0 Å². The second-order valence-electron chi connectivity index (χ2n) is 5.82. The molecule has 0 bridgehead atoms. The summed E-state index contributed by atoms with van der Waals surface area (Å²) in [6.45, 7) is 5.55. The van der Waals surface area contributed by atoms with Crippen LogP contribution in [0.2, 0.25) is 0 Å². The zero-order valence-electron chi connectivity index (χ0n) is 13.3. The average molecular weight is 303 g/mol. The lowest BCUT2D eigenvalue weighted by Gasteiger charge is -2.32. The van der Waals surface area contributed by atoms with Crippen LogP contribution < -0.4 is 4.90 Å². The Hall–Kier alpha value is -1.18. The van der Waals surface area contributed by atoms with Gasteiger partial charge >= 0.3 is 0 Å². The molecule has 0 aliphatic carbocycles. The molecule has 1 aromatic carbocycles. The van der Waals surface area contributed by atoms with Crippen molar-refractivity contribution in [3.05, 3.63) is 23.8 Å². The molecule has 0 amide bonds. The van der Waals surface area contributed by atoms with Crippen LogP contribution in [0.25, 0.3) is 0 Å². The molecule has 1 fully saturated rings. The number of rotatable bonds is 5. The van der Waals surface area contributed by atoms with Crippen LogP contribution in [0.1, 0.15) is 25.3 Å². The summed E-state index contributed by atoms with van der Waals surface area (Å²) in [7, 11) is 4.31. The first kappa shape index (κ1) is 16.2. The van der Waals surface area contributed by atoms with E-state index in [0.717, 1.165) is 34.4 Å². The normalized spacial score (nSPS) is 16.7. The van der Waals surface area contributed by atoms with E-state index < -0.39 is 0 Å². The van der Waals surface area contributed by atoms with Gasteiger partial charge in [-0.3, -0.25) is 0 Å². The fourth-order valence-corrected chi connectivity index (χ4v) is 3.74. The van der Waals surface area contributed by atoms with E-state index >= 15 is 0 Å². The van der Waals surface area contributed by atoms with E-state index in [1.807, 2.05) is 0 Å². The monoisotopic (exact) mass is 303 g/mol. The molecular weight excluding hydrogens is 278 g/mol. The Morgan fingerprint density at radius 2 is 2.10 bits per heavy atom. The van der Waals surface area contributed by atoms with Gasteiger partial charge in [-0.15, -0.1) is 11.8 Å². The van der Waals surface area contributed by atoms with Crippen molar-refractivity contribution in [3.8, 4) is 6.07 Å². The van der Waals surface area contributed by atoms with E-state index in [-0.39, 0.29) is 0 Å². The van der Waals surface area contributed by atoms with Crippen LogP contribution in [0.15, 0.2) is 23.1 Å². The highest BCUT2D eigenvalue weighted by Gasteiger charge is 2.20. The van der Waals surface area contributed by atoms with Crippen LogP contribution in [-0.4, -0.2) is 44.4 Å². The Morgan fingerprint density at radius 3 is 2.71 bits per heavy atom. The van der Waals surface area contributed by atoms with E-state index in [2.05, 4.69) is 55.1 Å². The molecule has 1 heterocycles. The van der Waals surface area contributed by atoms with E-state index in [9.17, 15) is 5.26 Å². The minimum atomic E-state index is 0.736. The van der Waals surface area contributed by atoms with Crippen LogP contribution in [0.4, 0.5) is 5.69 Å². The lowest BCUT2D eigenvalue weighted by molar-refractivity contribution is 0.222. The third-order valence-electron chi connectivity index (χ3n) is 4.20. The predicted molar refractivity (Wildman–Crippen MR) is 91.0 cm³/mol. The zero-order chi connectivity index (χ0) is 15.2. The fraction of sp³-hybridized carbons (Fsp3) is 0.588. The molecule has 0 spiro atoms. The van der Waals surface area contributed by atoms with Crippen LogP contribution in [0.3, 0.4) is 0 Å². The molecule has 1 aromatic rings. The van der Waals surface area contributed by atoms with Crippen molar-refractivity contribution in [2.24, 2.45) is 5.92 Å². The number of hydrogen-bond acceptors (Lipinski definition) is 4. The van der Waals surface area contributed by atoms with Gasteiger partial charge in [-0.2, -0.15) is 5.26 Å². The van der Waals surface area contributed by atoms with Crippen molar-refractivity contribution in [1.29, 1.82) is 5.26 Å². The number of hydrogen-bond donors (Lipinski definition) is 0. The van der Waals surface area contributed by atoms with Crippen LogP contribution in [0, 0.1) is 17.2 Å². The molecule has 3 nitrogen and oxygen atoms in total. The van der Waals surface area contributed by atoms with Gasteiger partial charge < -0.3 is 9.80 Å². The molecule has 0 unspecified atom stereocenters. The van der Waals surface area contributed by atoms with Gasteiger partial charge in [0, 0.05) is 18.5 Å². The molecular formula is C17H25N3S. The minimum Gasteiger partial charge on any atom is -0.373 e. The number of nitrogens with zero attached hydrogens (tertiary/aromatic N) is 3. The summed E-state index contributed by atoms with van der Waals surface area (Å²) in [5.74, 6) is 1.73. The summed E-state index contributed by atoms with van der Waals surface area (Å²) in [5, 5.41) is 9.52. The van der Waals surface area contributed by atoms with Crippen molar-refractivity contribution < 1.29 is 0 Å². The minimum absolute atomic E-state index is 0.736. The molecule has 0 N–H and O–H groups in total. The third kappa shape index (κ3) is 4.15. The largest absolute Gasteiger partial charge is 0.373 e. The Labute approximate surface area is 132 Å². The van der Waals surface area contributed by atoms with Gasteiger partial charge in [0.05, 0.1) is 11.3 Å². The number of thioether (sulfide) groups is 1. The molecule has 4 heteroatoms. The molecule has 1 aliphatic heterocycles. The summed E-state index contributed by atoms with van der Waals surface area (Å²) in [6, 6.07) is 8.60. The molecule has 0 aromatic heterocycles. The van der Waals surface area contributed by atoms with Crippen molar-refractivity contribution in [2.75, 3.05) is 44.4 Å². The number of nitriles is 1. The van der Waals surface area contributed by atoms with E-state index in [1.165, 1.54) is 25.9 Å². The summed E-state index contributed by atoms with van der Waals surface area (Å²) in [6.07, 6.45) is 2.51. The van der Waals surface area contributed by atoms with Crippen molar-refractivity contribution in [2.45, 2.75) is 24.7 Å². The molecule has 0 radical (unpaired) electrons. The molecule has 21 heavy (non-hydrogen) atoms. The highest BCUT2D eigenvalue weighted by Crippen LogP contribution is 2.30. The molecule has 1 saturated heterocycles. The zero-order valence-corrected chi connectivity index (χ0v) is 14.1. The Balaban J connectivity index is 2.10. The van der Waals surface area contributed by atoms with E-state index in [1.54, 1.807) is 11.8 Å². The standard InChI is InChI=1S/C17H25N3S/c1-4-21-17-7-5-6-16(15(17)12-18)20(3)13-14-8-10-19(2)11-9-14/h5-7,14H,4,8-11,13H2,1-3H3. The lowest BCUT2D eigenvalue weighted by Crippen LogP contribution is -2.35. The van der Waals surface area contributed by atoms with Gasteiger partial charge in [0.1, 0.15) is 6.07 Å². The Morgan fingerprint density at radius 1 is 1.38 bits per heavy atom. The molecule has 1 aliphatic rings. The van der Waals surface area contributed by atoms with E-state index in [0.29, 0.717) is 0 Å². The highest BCUT2D eigenvalue weighted by atomic mass is 32.2. The topological polar surface area (TPSA) is 30.3 Å². The molecule has 0 saturated carbocycles. The summed E-state index contributed by atoms with van der Waals surface area (Å²) in [4.78, 5) is 5.77. The first-order valence-corrected chi connectivity index (χ1v) is 8.69. The Kier molecular flexibility index (Phi) is 5.96. The van der Waals surface area contributed by atoms with Gasteiger partial charge in [0.25, 0.3) is 0 Å². The molecule has 0 atom stereocenters. The van der Waals surface area contributed by atoms with Gasteiger partial charge in [-0.1, -0.05) is 13.0 Å². The molecule has 2 rings (SSSR count). The fourth-order valence-electron chi connectivity index (χ4n) is 2.96. The van der Waals surface area contributed by atoms with E-state index in [4.69, 9.17) is 0 Å². The highest BCUT2D eigenvalue weighted by molar-refractivity contribution is 7.99. The molecule has 114 valence electrons. The number of anilines is 1. The van der Waals surface area contributed by atoms with Crippen LogP contribution >= 0.6 is 11.8 Å². The maximum Gasteiger partial charge on any atom is 0.103 e. The van der Waals surface area contributed by atoms with Crippen molar-refractivity contribution >= 4 is 17.4 Å². The number of piperidine rings is 1. The first-order chi connectivity index (χ1) is 10.2. The lowest BCUT2D eigenvalue weighted by atomic mass is 9.96. The summed E-state index contributed by atoms with van der Waals surface area (Å²) >= 11 is 1.75. The van der Waals surface area contributed by atoms with Crippen LogP contribution in [-0.2, 0) is 0 Å². The summed E-state index contributed by atoms with van der Waals surface area (Å²) in [5.41, 5.74) is 1.91. The van der Waals surface area contributed by atoms with Gasteiger partial charge in [-0.05, 0) is 56.8 Å². The van der Waals surface area contributed by atoms with Crippen LogP contribution in [0.5, 0.6) is 0 Å². The second kappa shape index (κ2) is 7.72. The van der Waals surface area contributed by atoms with Crippen molar-refractivity contribution in [1.82, 2.24) is 4.90 Å². The number of benzene rings is 1. The quantitative estimate of drug-likeness (QED) is 0.780. The summed E-state index contributed by atoms with van der Waals surface area (Å²) < 4.78 is 0. The number of likely N-dealkylation sites (tertiary alicyclic amines) is 1. The maximum absolute atomic E-state index is 9.52. The van der Waals surface area contributed by atoms with Gasteiger partial charge in [0.15, 0.2) is 0 Å². The van der Waals surface area contributed by atoms with Gasteiger partial charge in [-0.25, -0.2) is 0 Å². The average Bonchev–Trinajstić information content (AvgIpc) is 2.49. The Bertz CT molecular complexity index is 501. The maximum atomic E-state index is 9.52. The smallest absolute Gasteiger partial charge is 0.103 e. The van der Waals surface area contributed by atoms with Gasteiger partial charge in [0.2, 0.25) is 0 Å². The third-order valence-corrected chi connectivity index (χ3v) is 5.14. The predicted octanol–water partition coefficient (Wildman–Crippen LogP) is 3.45.